The van der Waals surface area contributed by atoms with Gasteiger partial charge in [-0.25, -0.2) is 0 Å². The van der Waals surface area contributed by atoms with Gasteiger partial charge in [0.2, 0.25) is 0 Å². The van der Waals surface area contributed by atoms with E-state index in [4.69, 9.17) is 21.6 Å². The highest BCUT2D eigenvalue weighted by atomic mass is 35.5. The van der Waals surface area contributed by atoms with Crippen LogP contribution in [0.2, 0.25) is 5.02 Å². The predicted molar refractivity (Wildman–Crippen MR) is 72.9 cm³/mol. The fourth-order valence-corrected chi connectivity index (χ4v) is 1.94. The third-order valence-corrected chi connectivity index (χ3v) is 3.04. The summed E-state index contributed by atoms with van der Waals surface area (Å²) in [5.41, 5.74) is 2.05. The van der Waals surface area contributed by atoms with Crippen molar-refractivity contribution in [2.24, 2.45) is 0 Å². The average molecular weight is 274 g/mol. The molecule has 0 aliphatic rings. The molecule has 0 heterocycles. The molecule has 0 saturated heterocycles. The molecular formula is C15H12ClNO2. The van der Waals surface area contributed by atoms with Crippen molar-refractivity contribution in [1.29, 1.82) is 5.26 Å². The third kappa shape index (κ3) is 3.25. The van der Waals surface area contributed by atoms with E-state index in [0.29, 0.717) is 28.5 Å². The molecule has 3 nitrogen and oxygen atoms in total. The molecule has 96 valence electrons. The zero-order valence-corrected chi connectivity index (χ0v) is 10.9. The van der Waals surface area contributed by atoms with Crippen molar-refractivity contribution in [2.75, 3.05) is 0 Å². The topological polar surface area (TPSA) is 53.2 Å². The first-order valence-electron chi connectivity index (χ1n) is 5.74. The Morgan fingerprint density at radius 3 is 2.74 bits per heavy atom. The van der Waals surface area contributed by atoms with Crippen LogP contribution in [0.15, 0.2) is 42.5 Å². The first-order chi connectivity index (χ1) is 9.24. The molecule has 0 aromatic heterocycles. The minimum atomic E-state index is -0.173. The van der Waals surface area contributed by atoms with Crippen molar-refractivity contribution in [3.05, 3.63) is 64.2 Å². The number of nitrogens with zero attached hydrogens (tertiary/aromatic N) is 1. The smallest absolute Gasteiger partial charge is 0.126 e. The van der Waals surface area contributed by atoms with E-state index in [9.17, 15) is 5.11 Å². The van der Waals surface area contributed by atoms with Crippen molar-refractivity contribution >= 4 is 11.6 Å². The molecule has 0 aliphatic heterocycles. The number of rotatable bonds is 4. The highest BCUT2D eigenvalue weighted by Gasteiger charge is 2.07. The fraction of sp³-hybridized carbons (Fsp3) is 0.133. The lowest BCUT2D eigenvalue weighted by atomic mass is 10.1. The number of ether oxygens (including phenoxy) is 1. The summed E-state index contributed by atoms with van der Waals surface area (Å²) in [5.74, 6) is 0.553. The van der Waals surface area contributed by atoms with E-state index in [2.05, 4.69) is 6.07 Å². The van der Waals surface area contributed by atoms with Gasteiger partial charge >= 0.3 is 0 Å². The van der Waals surface area contributed by atoms with Crippen LogP contribution >= 0.6 is 11.6 Å². The van der Waals surface area contributed by atoms with Crippen molar-refractivity contribution in [3.8, 4) is 11.8 Å². The third-order valence-electron chi connectivity index (χ3n) is 2.68. The molecular weight excluding hydrogens is 262 g/mol. The van der Waals surface area contributed by atoms with Gasteiger partial charge in [-0.3, -0.25) is 0 Å². The summed E-state index contributed by atoms with van der Waals surface area (Å²) in [4.78, 5) is 0. The van der Waals surface area contributed by atoms with Crippen molar-refractivity contribution in [1.82, 2.24) is 0 Å². The highest BCUT2D eigenvalue weighted by Crippen LogP contribution is 2.27. The molecule has 0 atom stereocenters. The van der Waals surface area contributed by atoms with Crippen LogP contribution in [-0.4, -0.2) is 5.11 Å². The SMILES string of the molecule is N#Cc1cccc(COc2cccc(Cl)c2CO)c1. The Morgan fingerprint density at radius 2 is 2.00 bits per heavy atom. The van der Waals surface area contributed by atoms with Crippen LogP contribution in [-0.2, 0) is 13.2 Å². The maximum absolute atomic E-state index is 9.27. The quantitative estimate of drug-likeness (QED) is 0.930. The van der Waals surface area contributed by atoms with Crippen LogP contribution in [0, 0.1) is 11.3 Å². The minimum Gasteiger partial charge on any atom is -0.488 e. The Kier molecular flexibility index (Phi) is 4.40. The number of hydrogen-bond donors (Lipinski definition) is 1. The van der Waals surface area contributed by atoms with Gasteiger partial charge in [-0.2, -0.15) is 5.26 Å². The van der Waals surface area contributed by atoms with Crippen molar-refractivity contribution in [2.45, 2.75) is 13.2 Å². The van der Waals surface area contributed by atoms with E-state index in [1.54, 1.807) is 30.3 Å². The van der Waals surface area contributed by atoms with Gasteiger partial charge in [0.25, 0.3) is 0 Å². The fourth-order valence-electron chi connectivity index (χ4n) is 1.72. The van der Waals surface area contributed by atoms with Crippen LogP contribution < -0.4 is 4.74 Å². The summed E-state index contributed by atoms with van der Waals surface area (Å²) in [6.07, 6.45) is 0. The summed E-state index contributed by atoms with van der Waals surface area (Å²) >= 11 is 5.98. The summed E-state index contributed by atoms with van der Waals surface area (Å²) in [6.45, 7) is 0.149. The molecule has 1 N–H and O–H groups in total. The zero-order valence-electron chi connectivity index (χ0n) is 10.1. The molecule has 0 radical (unpaired) electrons. The second kappa shape index (κ2) is 6.24. The first kappa shape index (κ1) is 13.4. The summed E-state index contributed by atoms with van der Waals surface area (Å²) in [6, 6.07) is 14.5. The van der Waals surface area contributed by atoms with E-state index >= 15 is 0 Å². The van der Waals surface area contributed by atoms with Crippen LogP contribution in [0.4, 0.5) is 0 Å². The predicted octanol–water partition coefficient (Wildman–Crippen LogP) is 3.28. The van der Waals surface area contributed by atoms with Crippen LogP contribution in [0.3, 0.4) is 0 Å². The Labute approximate surface area is 116 Å². The monoisotopic (exact) mass is 273 g/mol. The number of aliphatic hydroxyl groups is 1. The maximum Gasteiger partial charge on any atom is 0.126 e. The Bertz CT molecular complexity index is 620. The minimum absolute atomic E-state index is 0.173. The maximum atomic E-state index is 9.27. The lowest BCUT2D eigenvalue weighted by Crippen LogP contribution is -1.99. The number of benzene rings is 2. The van der Waals surface area contributed by atoms with Crippen LogP contribution in [0.25, 0.3) is 0 Å². The first-order valence-corrected chi connectivity index (χ1v) is 6.12. The van der Waals surface area contributed by atoms with Gasteiger partial charge in [0, 0.05) is 10.6 Å². The second-order valence-corrected chi connectivity index (χ2v) is 4.38. The standard InChI is InChI=1S/C15H12ClNO2/c16-14-5-2-6-15(13(14)9-18)19-10-12-4-1-3-11(7-12)8-17/h1-7,18H,9-10H2. The van der Waals surface area contributed by atoms with Gasteiger partial charge in [-0.1, -0.05) is 29.8 Å². The summed E-state index contributed by atoms with van der Waals surface area (Å²) in [7, 11) is 0. The molecule has 0 aliphatic carbocycles. The second-order valence-electron chi connectivity index (χ2n) is 3.98. The Hall–Kier alpha value is -2.02. The molecule has 2 aromatic carbocycles. The van der Waals surface area contributed by atoms with Crippen molar-refractivity contribution in [3.63, 3.8) is 0 Å². The molecule has 0 fully saturated rings. The average Bonchev–Trinajstić information content (AvgIpc) is 2.45. The molecule has 0 unspecified atom stereocenters. The van der Waals surface area contributed by atoms with E-state index in [-0.39, 0.29) is 6.61 Å². The summed E-state index contributed by atoms with van der Waals surface area (Å²) in [5, 5.41) is 18.6. The van der Waals surface area contributed by atoms with Gasteiger partial charge in [-0.05, 0) is 29.8 Å². The zero-order chi connectivity index (χ0) is 13.7. The lowest BCUT2D eigenvalue weighted by molar-refractivity contribution is 0.259. The summed E-state index contributed by atoms with van der Waals surface area (Å²) < 4.78 is 5.64. The van der Waals surface area contributed by atoms with E-state index < -0.39 is 0 Å². The normalized spacial score (nSPS) is 9.95. The molecule has 0 saturated carbocycles. The van der Waals surface area contributed by atoms with Crippen LogP contribution in [0.5, 0.6) is 5.75 Å². The van der Waals surface area contributed by atoms with Crippen molar-refractivity contribution < 1.29 is 9.84 Å². The molecule has 19 heavy (non-hydrogen) atoms. The molecule has 0 bridgehead atoms. The van der Waals surface area contributed by atoms with Gasteiger partial charge < -0.3 is 9.84 Å². The largest absolute Gasteiger partial charge is 0.488 e. The molecule has 2 aromatic rings. The molecule has 0 amide bonds. The number of nitriles is 1. The van der Waals surface area contributed by atoms with Crippen LogP contribution in [0.1, 0.15) is 16.7 Å². The Balaban J connectivity index is 2.15. The number of aliphatic hydroxyl groups excluding tert-OH is 1. The van der Waals surface area contributed by atoms with Gasteiger partial charge in [0.1, 0.15) is 12.4 Å². The molecule has 2 rings (SSSR count). The van der Waals surface area contributed by atoms with Gasteiger partial charge in [-0.15, -0.1) is 0 Å². The highest BCUT2D eigenvalue weighted by molar-refractivity contribution is 6.31. The van der Waals surface area contributed by atoms with E-state index in [1.807, 2.05) is 12.1 Å². The van der Waals surface area contributed by atoms with E-state index in [0.717, 1.165) is 5.56 Å². The van der Waals surface area contributed by atoms with E-state index in [1.165, 1.54) is 0 Å². The Morgan fingerprint density at radius 1 is 1.21 bits per heavy atom. The lowest BCUT2D eigenvalue weighted by Gasteiger charge is -2.11. The number of halogens is 1. The molecule has 0 spiro atoms. The molecule has 4 heteroatoms. The number of hydrogen-bond acceptors (Lipinski definition) is 3. The van der Waals surface area contributed by atoms with Gasteiger partial charge in [0.15, 0.2) is 0 Å². The van der Waals surface area contributed by atoms with Gasteiger partial charge in [0.05, 0.1) is 18.2 Å².